The number of carbonyl (C=O) groups is 2. The van der Waals surface area contributed by atoms with E-state index in [1.54, 1.807) is 0 Å². The van der Waals surface area contributed by atoms with E-state index >= 15 is 0 Å². The molecule has 2 amide bonds. The van der Waals surface area contributed by atoms with E-state index in [2.05, 4.69) is 10.1 Å². The van der Waals surface area contributed by atoms with Gasteiger partial charge in [0.1, 0.15) is 5.75 Å². The second kappa shape index (κ2) is 5.43. The lowest BCUT2D eigenvalue weighted by Crippen LogP contribution is -2.45. The first-order valence-corrected chi connectivity index (χ1v) is 7.24. The lowest BCUT2D eigenvalue weighted by Gasteiger charge is -2.31. The average molecular weight is 328 g/mol. The monoisotopic (exact) mass is 328 g/mol. The second-order valence-corrected chi connectivity index (χ2v) is 5.81. The van der Waals surface area contributed by atoms with Gasteiger partial charge in [0, 0.05) is 25.2 Å². The zero-order chi connectivity index (χ0) is 16.7. The average Bonchev–Trinajstić information content (AvgIpc) is 2.75. The van der Waals surface area contributed by atoms with Crippen LogP contribution in [0.25, 0.3) is 0 Å². The van der Waals surface area contributed by atoms with Crippen molar-refractivity contribution in [1.82, 2.24) is 5.32 Å². The molecule has 124 valence electrons. The van der Waals surface area contributed by atoms with E-state index in [9.17, 15) is 22.8 Å². The number of amides is 2. The smallest absolute Gasteiger partial charge is 0.406 e. The van der Waals surface area contributed by atoms with E-state index in [0.717, 1.165) is 0 Å². The van der Waals surface area contributed by atoms with E-state index in [1.807, 2.05) is 0 Å². The van der Waals surface area contributed by atoms with Crippen LogP contribution in [0.3, 0.4) is 0 Å². The van der Waals surface area contributed by atoms with Crippen molar-refractivity contribution in [1.29, 1.82) is 0 Å². The molecule has 8 heteroatoms. The fourth-order valence-corrected chi connectivity index (χ4v) is 3.19. The molecule has 3 rings (SSSR count). The molecule has 0 aromatic heterocycles. The Morgan fingerprint density at radius 1 is 1.13 bits per heavy atom. The molecule has 0 radical (unpaired) electrons. The molecule has 0 unspecified atom stereocenters. The predicted octanol–water partition coefficient (Wildman–Crippen LogP) is 2.22. The van der Waals surface area contributed by atoms with Gasteiger partial charge >= 0.3 is 6.36 Å². The number of hydrogen-bond acceptors (Lipinski definition) is 3. The van der Waals surface area contributed by atoms with Gasteiger partial charge < -0.3 is 15.0 Å². The fraction of sp³-hybridized carbons (Fsp3) is 0.467. The quantitative estimate of drug-likeness (QED) is 0.906. The third-order valence-electron chi connectivity index (χ3n) is 4.32. The number of ether oxygens (including phenoxy) is 1. The summed E-state index contributed by atoms with van der Waals surface area (Å²) in [5.41, 5.74) is -0.170. The van der Waals surface area contributed by atoms with Crippen LogP contribution in [0.1, 0.15) is 19.3 Å². The summed E-state index contributed by atoms with van der Waals surface area (Å²) in [6.45, 7) is 0.919. The van der Waals surface area contributed by atoms with Gasteiger partial charge in [-0.25, -0.2) is 0 Å². The largest absolute Gasteiger partial charge is 0.573 e. The highest BCUT2D eigenvalue weighted by Gasteiger charge is 2.49. The minimum Gasteiger partial charge on any atom is -0.406 e. The molecule has 2 fully saturated rings. The molecule has 1 aromatic rings. The van der Waals surface area contributed by atoms with E-state index in [-0.39, 0.29) is 24.0 Å². The number of halogens is 3. The molecule has 1 atom stereocenters. The first-order chi connectivity index (χ1) is 10.8. The number of nitrogens with one attached hydrogen (secondary N) is 1. The highest BCUT2D eigenvalue weighted by Crippen LogP contribution is 2.42. The Morgan fingerprint density at radius 3 is 2.43 bits per heavy atom. The van der Waals surface area contributed by atoms with Crippen molar-refractivity contribution in [3.63, 3.8) is 0 Å². The van der Waals surface area contributed by atoms with Gasteiger partial charge in [-0.15, -0.1) is 13.2 Å². The number of nitrogens with zero attached hydrogens (tertiary/aromatic N) is 1. The molecule has 1 aromatic carbocycles. The molecule has 0 aliphatic carbocycles. The molecule has 2 aliphatic rings. The topological polar surface area (TPSA) is 58.6 Å². The van der Waals surface area contributed by atoms with Crippen LogP contribution in [0.15, 0.2) is 24.3 Å². The van der Waals surface area contributed by atoms with Gasteiger partial charge in [-0.2, -0.15) is 0 Å². The number of piperidine rings is 1. The maximum atomic E-state index is 12.7. The Bertz CT molecular complexity index is 630. The Kier molecular flexibility index (Phi) is 3.69. The first kappa shape index (κ1) is 15.6. The van der Waals surface area contributed by atoms with E-state index < -0.39 is 11.8 Å². The van der Waals surface area contributed by atoms with Crippen LogP contribution in [0, 0.1) is 5.41 Å². The Balaban J connectivity index is 1.75. The summed E-state index contributed by atoms with van der Waals surface area (Å²) in [6.07, 6.45) is -3.43. The van der Waals surface area contributed by atoms with Crippen molar-refractivity contribution in [2.24, 2.45) is 5.41 Å². The van der Waals surface area contributed by atoms with Gasteiger partial charge in [-0.3, -0.25) is 9.59 Å². The van der Waals surface area contributed by atoms with Crippen LogP contribution in [0.2, 0.25) is 0 Å². The normalized spacial score (nSPS) is 24.9. The highest BCUT2D eigenvalue weighted by molar-refractivity contribution is 6.02. The van der Waals surface area contributed by atoms with Crippen molar-refractivity contribution < 1.29 is 27.5 Å². The molecule has 2 saturated heterocycles. The summed E-state index contributed by atoms with van der Waals surface area (Å²) in [4.78, 5) is 25.8. The van der Waals surface area contributed by atoms with Crippen molar-refractivity contribution >= 4 is 17.5 Å². The van der Waals surface area contributed by atoms with E-state index in [4.69, 9.17) is 0 Å². The maximum Gasteiger partial charge on any atom is 0.573 e. The minimum atomic E-state index is -4.75. The zero-order valence-electron chi connectivity index (χ0n) is 12.2. The highest BCUT2D eigenvalue weighted by atomic mass is 19.4. The summed E-state index contributed by atoms with van der Waals surface area (Å²) in [5.74, 6) is -0.614. The predicted molar refractivity (Wildman–Crippen MR) is 74.8 cm³/mol. The molecule has 1 spiro atoms. The first-order valence-electron chi connectivity index (χ1n) is 7.24. The van der Waals surface area contributed by atoms with Crippen LogP contribution in [0.5, 0.6) is 5.75 Å². The summed E-state index contributed by atoms with van der Waals surface area (Å²) in [7, 11) is 0. The molecule has 2 heterocycles. The van der Waals surface area contributed by atoms with Crippen molar-refractivity contribution in [3.05, 3.63) is 24.3 Å². The van der Waals surface area contributed by atoms with Crippen LogP contribution < -0.4 is 15.0 Å². The zero-order valence-corrected chi connectivity index (χ0v) is 12.2. The summed E-state index contributed by atoms with van der Waals surface area (Å²) >= 11 is 0. The lowest BCUT2D eigenvalue weighted by molar-refractivity contribution is -0.274. The number of hydrogen-bond donors (Lipinski definition) is 1. The number of carbonyl (C=O) groups excluding carboxylic acids is 2. The maximum absolute atomic E-state index is 12.7. The second-order valence-electron chi connectivity index (χ2n) is 5.81. The van der Waals surface area contributed by atoms with Gasteiger partial charge in [0.15, 0.2) is 0 Å². The molecule has 1 N–H and O–H groups in total. The molecule has 0 bridgehead atoms. The molecular formula is C15H15F3N2O3. The number of anilines is 1. The van der Waals surface area contributed by atoms with Crippen molar-refractivity contribution in [3.8, 4) is 5.75 Å². The van der Waals surface area contributed by atoms with Gasteiger partial charge in [0.2, 0.25) is 11.8 Å². The fourth-order valence-electron chi connectivity index (χ4n) is 3.19. The van der Waals surface area contributed by atoms with Crippen molar-refractivity contribution in [2.75, 3.05) is 18.0 Å². The lowest BCUT2D eigenvalue weighted by atomic mass is 9.77. The Morgan fingerprint density at radius 2 is 1.83 bits per heavy atom. The van der Waals surface area contributed by atoms with E-state index in [1.165, 1.54) is 29.2 Å². The summed E-state index contributed by atoms with van der Waals surface area (Å²) < 4.78 is 40.3. The van der Waals surface area contributed by atoms with Crippen LogP contribution in [-0.4, -0.2) is 31.3 Å². The van der Waals surface area contributed by atoms with Gasteiger partial charge in [0.25, 0.3) is 0 Å². The molecule has 0 saturated carbocycles. The Labute approximate surface area is 130 Å². The molecular weight excluding hydrogens is 313 g/mol. The molecule has 23 heavy (non-hydrogen) atoms. The number of rotatable bonds is 2. The third-order valence-corrected chi connectivity index (χ3v) is 4.32. The number of alkyl halides is 3. The van der Waals surface area contributed by atoms with Crippen LogP contribution in [-0.2, 0) is 9.59 Å². The van der Waals surface area contributed by atoms with E-state index in [0.29, 0.717) is 31.6 Å². The molecule has 5 nitrogen and oxygen atoms in total. The number of benzene rings is 1. The van der Waals surface area contributed by atoms with Crippen LogP contribution >= 0.6 is 0 Å². The SMILES string of the molecule is O=C1C[C@@]2(CCN1)CCN(c1ccc(OC(F)(F)F)cc1)C2=O. The third kappa shape index (κ3) is 3.11. The Hall–Kier alpha value is -2.25. The van der Waals surface area contributed by atoms with Crippen molar-refractivity contribution in [2.45, 2.75) is 25.6 Å². The molecule has 2 aliphatic heterocycles. The minimum absolute atomic E-state index is 0.139. The standard InChI is InChI=1S/C15H15F3N2O3/c16-15(17,18)23-11-3-1-10(2-4-11)20-8-6-14(13(20)22)5-7-19-12(21)9-14/h1-4H,5-9H2,(H,19,21)/t14-/m1/s1. The summed E-state index contributed by atoms with van der Waals surface area (Å²) in [6, 6.07) is 5.19. The van der Waals surface area contributed by atoms with Crippen LogP contribution in [0.4, 0.5) is 18.9 Å². The summed E-state index contributed by atoms with van der Waals surface area (Å²) in [5, 5.41) is 2.70. The van der Waals surface area contributed by atoms with Gasteiger partial charge in [0.05, 0.1) is 5.41 Å². The van der Waals surface area contributed by atoms with Gasteiger partial charge in [-0.1, -0.05) is 0 Å². The van der Waals surface area contributed by atoms with Gasteiger partial charge in [-0.05, 0) is 37.1 Å².